The van der Waals surface area contributed by atoms with Crippen LogP contribution in [0.1, 0.15) is 33.3 Å². The van der Waals surface area contributed by atoms with Crippen LogP contribution in [0.15, 0.2) is 71.6 Å². The number of anilines is 2. The molecule has 0 spiro atoms. The van der Waals surface area contributed by atoms with Crippen LogP contribution in [0.4, 0.5) is 15.8 Å². The first-order valence-corrected chi connectivity index (χ1v) is 13.5. The average Bonchev–Trinajstić information content (AvgIpc) is 2.87. The minimum Gasteiger partial charge on any atom is -0.384 e. The Balaban J connectivity index is 0.00000154. The van der Waals surface area contributed by atoms with Crippen LogP contribution >= 0.6 is 0 Å². The van der Waals surface area contributed by atoms with Crippen molar-refractivity contribution in [1.29, 1.82) is 5.41 Å². The highest BCUT2D eigenvalue weighted by Gasteiger charge is 2.16. The Bertz CT molecular complexity index is 1290. The number of amides is 1. The second kappa shape index (κ2) is 14.0. The summed E-state index contributed by atoms with van der Waals surface area (Å²) < 4.78 is 38.8. The van der Waals surface area contributed by atoms with Crippen LogP contribution in [0, 0.1) is 11.2 Å². The Hall–Kier alpha value is -3.72. The van der Waals surface area contributed by atoms with E-state index in [2.05, 4.69) is 5.32 Å². The van der Waals surface area contributed by atoms with Gasteiger partial charge in [0, 0.05) is 30.1 Å². The number of hydrogen-bond acceptors (Lipinski definition) is 5. The van der Waals surface area contributed by atoms with Gasteiger partial charge < -0.3 is 16.0 Å². The van der Waals surface area contributed by atoms with Gasteiger partial charge in [0.1, 0.15) is 11.7 Å². The number of carbonyl (C=O) groups is 1. The van der Waals surface area contributed by atoms with Gasteiger partial charge in [0.2, 0.25) is 5.91 Å². The molecule has 0 aliphatic heterocycles. The van der Waals surface area contributed by atoms with Gasteiger partial charge in [-0.15, -0.1) is 0 Å². The molecule has 0 bridgehead atoms. The van der Waals surface area contributed by atoms with Crippen LogP contribution in [0.5, 0.6) is 0 Å². The minimum atomic E-state index is -3.49. The fourth-order valence-electron chi connectivity index (χ4n) is 3.22. The zero-order chi connectivity index (χ0) is 27.5. The molecular formula is C27H35FN4O3S. The number of halogens is 1. The smallest absolute Gasteiger partial charge is 0.243 e. The Morgan fingerprint density at radius 2 is 1.64 bits per heavy atom. The maximum Gasteiger partial charge on any atom is 0.243 e. The molecule has 3 aromatic rings. The predicted octanol–water partition coefficient (Wildman–Crippen LogP) is 5.31. The minimum absolute atomic E-state index is 0.0125. The molecule has 4 N–H and O–H groups in total. The van der Waals surface area contributed by atoms with Gasteiger partial charge in [-0.3, -0.25) is 10.2 Å². The monoisotopic (exact) mass is 514 g/mol. The summed E-state index contributed by atoms with van der Waals surface area (Å²) in [5.74, 6) is -1.20. The zero-order valence-electron chi connectivity index (χ0n) is 21.6. The molecule has 7 nitrogen and oxygen atoms in total. The number of hydrogen-bond donors (Lipinski definition) is 3. The summed E-state index contributed by atoms with van der Waals surface area (Å²) in [4.78, 5) is 14.2. The van der Waals surface area contributed by atoms with Gasteiger partial charge in [0.15, 0.2) is 9.84 Å². The molecule has 0 radical (unpaired) electrons. The van der Waals surface area contributed by atoms with Crippen LogP contribution in [0.2, 0.25) is 0 Å². The molecule has 36 heavy (non-hydrogen) atoms. The Labute approximate surface area is 213 Å². The number of sulfone groups is 1. The highest BCUT2D eigenvalue weighted by molar-refractivity contribution is 7.90. The fraction of sp³-hybridized carbons (Fsp3) is 0.259. The Morgan fingerprint density at radius 3 is 2.22 bits per heavy atom. The average molecular weight is 515 g/mol. The molecule has 194 valence electrons. The van der Waals surface area contributed by atoms with E-state index in [9.17, 15) is 17.6 Å². The lowest BCUT2D eigenvalue weighted by Crippen LogP contribution is -2.30. The molecule has 0 fully saturated rings. The van der Waals surface area contributed by atoms with Gasteiger partial charge >= 0.3 is 0 Å². The van der Waals surface area contributed by atoms with Crippen LogP contribution < -0.4 is 16.0 Å². The quantitative estimate of drug-likeness (QED) is 0.292. The van der Waals surface area contributed by atoms with E-state index in [0.717, 1.165) is 6.26 Å². The van der Waals surface area contributed by atoms with Crippen molar-refractivity contribution < 1.29 is 17.6 Å². The third kappa shape index (κ3) is 8.20. The SMILES string of the molecule is CC.CC.CN(CC(=O)Nc1ccc(-c2ccccc2S(C)(=O)=O)cc1F)c1cccc(C(=N)N)c1. The lowest BCUT2D eigenvalue weighted by Gasteiger charge is -2.19. The maximum absolute atomic E-state index is 14.7. The van der Waals surface area contributed by atoms with Gasteiger partial charge in [-0.1, -0.05) is 64.1 Å². The van der Waals surface area contributed by atoms with Gasteiger partial charge in [-0.2, -0.15) is 0 Å². The number of nitrogens with zero attached hydrogens (tertiary/aromatic N) is 1. The lowest BCUT2D eigenvalue weighted by atomic mass is 10.0. The summed E-state index contributed by atoms with van der Waals surface area (Å²) >= 11 is 0. The van der Waals surface area contributed by atoms with Crippen molar-refractivity contribution in [2.45, 2.75) is 32.6 Å². The molecule has 0 atom stereocenters. The Morgan fingerprint density at radius 1 is 1.00 bits per heavy atom. The summed E-state index contributed by atoms with van der Waals surface area (Å²) in [5.41, 5.74) is 7.48. The number of likely N-dealkylation sites (N-methyl/N-ethyl adjacent to an activating group) is 1. The van der Waals surface area contributed by atoms with Crippen molar-refractivity contribution >= 4 is 33.0 Å². The topological polar surface area (TPSA) is 116 Å². The molecule has 0 aromatic heterocycles. The molecule has 0 saturated heterocycles. The highest BCUT2D eigenvalue weighted by Crippen LogP contribution is 2.29. The highest BCUT2D eigenvalue weighted by atomic mass is 32.2. The third-order valence-corrected chi connectivity index (χ3v) is 5.97. The molecular weight excluding hydrogens is 479 g/mol. The van der Waals surface area contributed by atoms with Crippen LogP contribution in [-0.4, -0.2) is 40.0 Å². The van der Waals surface area contributed by atoms with Crippen molar-refractivity contribution in [3.8, 4) is 11.1 Å². The maximum atomic E-state index is 14.7. The number of benzene rings is 3. The first kappa shape index (κ1) is 30.3. The third-order valence-electron chi connectivity index (χ3n) is 4.82. The first-order valence-electron chi connectivity index (χ1n) is 11.6. The van der Waals surface area contributed by atoms with Crippen LogP contribution in [0.3, 0.4) is 0 Å². The molecule has 0 saturated carbocycles. The zero-order valence-corrected chi connectivity index (χ0v) is 22.4. The second-order valence-corrected chi connectivity index (χ2v) is 9.32. The fourth-order valence-corrected chi connectivity index (χ4v) is 4.13. The van der Waals surface area contributed by atoms with E-state index in [0.29, 0.717) is 22.4 Å². The van der Waals surface area contributed by atoms with Crippen LogP contribution in [-0.2, 0) is 14.6 Å². The molecule has 3 aromatic carbocycles. The van der Waals surface area contributed by atoms with Crippen molar-refractivity contribution in [3.05, 3.63) is 78.1 Å². The van der Waals surface area contributed by atoms with E-state index in [1.807, 2.05) is 27.7 Å². The van der Waals surface area contributed by atoms with Crippen molar-refractivity contribution in [3.63, 3.8) is 0 Å². The number of amidine groups is 1. The molecule has 0 heterocycles. The number of nitrogens with two attached hydrogens (primary N) is 1. The van der Waals surface area contributed by atoms with Crippen LogP contribution in [0.25, 0.3) is 11.1 Å². The second-order valence-electron chi connectivity index (χ2n) is 7.33. The molecule has 0 aliphatic carbocycles. The van der Waals surface area contributed by atoms with Crippen molar-refractivity contribution in [2.24, 2.45) is 5.73 Å². The van der Waals surface area contributed by atoms with Gasteiger partial charge in [-0.25, -0.2) is 12.8 Å². The Kier molecular flexibility index (Phi) is 11.8. The van der Waals surface area contributed by atoms with E-state index >= 15 is 0 Å². The lowest BCUT2D eigenvalue weighted by molar-refractivity contribution is -0.114. The summed E-state index contributed by atoms with van der Waals surface area (Å²) in [6, 6.07) is 17.4. The van der Waals surface area contributed by atoms with E-state index in [1.165, 1.54) is 18.2 Å². The van der Waals surface area contributed by atoms with Gasteiger partial charge in [0.25, 0.3) is 0 Å². The molecule has 3 rings (SSSR count). The molecule has 0 aliphatic rings. The molecule has 1 amide bonds. The van der Waals surface area contributed by atoms with E-state index in [-0.39, 0.29) is 23.0 Å². The van der Waals surface area contributed by atoms with E-state index in [4.69, 9.17) is 11.1 Å². The summed E-state index contributed by atoms with van der Waals surface area (Å²) in [5, 5.41) is 10.0. The number of rotatable bonds is 7. The van der Waals surface area contributed by atoms with Gasteiger partial charge in [-0.05, 0) is 35.9 Å². The van der Waals surface area contributed by atoms with Gasteiger partial charge in [0.05, 0.1) is 17.1 Å². The van der Waals surface area contributed by atoms with E-state index in [1.54, 1.807) is 60.5 Å². The van der Waals surface area contributed by atoms with Crippen molar-refractivity contribution in [2.75, 3.05) is 30.1 Å². The predicted molar refractivity (Wildman–Crippen MR) is 147 cm³/mol. The normalized spacial score (nSPS) is 10.2. The summed E-state index contributed by atoms with van der Waals surface area (Å²) in [7, 11) is -1.80. The molecule has 9 heteroatoms. The molecule has 0 unspecified atom stereocenters. The largest absolute Gasteiger partial charge is 0.384 e. The van der Waals surface area contributed by atoms with E-state index < -0.39 is 21.6 Å². The summed E-state index contributed by atoms with van der Waals surface area (Å²) in [6.45, 7) is 7.94. The van der Waals surface area contributed by atoms with Crippen molar-refractivity contribution in [1.82, 2.24) is 0 Å². The first-order chi connectivity index (χ1) is 17.1. The standard InChI is InChI=1S/C23H23FN4O3S.2C2H6/c1-28(17-7-5-6-16(12-17)23(25)26)14-22(29)27-20-11-10-15(13-19(20)24)18-8-3-4-9-21(18)32(2,30)31;2*1-2/h3-13H,14H2,1-2H3,(H3,25,26)(H,27,29);2*1-2H3. The number of carbonyl (C=O) groups excluding carboxylic acids is 1. The summed E-state index contributed by atoms with van der Waals surface area (Å²) in [6.07, 6.45) is 1.10. The number of nitrogen functional groups attached to an aromatic ring is 1. The number of nitrogens with one attached hydrogen (secondary N) is 2.